The summed E-state index contributed by atoms with van der Waals surface area (Å²) in [5, 5.41) is 11.4. The molecule has 0 aliphatic carbocycles. The average molecular weight is 248 g/mol. The summed E-state index contributed by atoms with van der Waals surface area (Å²) < 4.78 is 15.1. The Morgan fingerprint density at radius 2 is 2.00 bits per heavy atom. The molecule has 0 saturated heterocycles. The van der Waals surface area contributed by atoms with Crippen molar-refractivity contribution in [1.82, 2.24) is 20.3 Å². The van der Waals surface area contributed by atoms with E-state index >= 15 is 0 Å². The maximum absolute atomic E-state index is 13.4. The van der Waals surface area contributed by atoms with Crippen molar-refractivity contribution in [1.29, 1.82) is 0 Å². The molecule has 1 aromatic heterocycles. The van der Waals surface area contributed by atoms with Crippen molar-refractivity contribution in [2.75, 3.05) is 7.05 Å². The van der Waals surface area contributed by atoms with Gasteiger partial charge >= 0.3 is 0 Å². The van der Waals surface area contributed by atoms with Crippen LogP contribution in [0.4, 0.5) is 4.39 Å². The standard InChI is InChI=1S/C13H17FN4/c1-8-5-11(14)7-12(6-8)18-10(3)13(16-17-18)9(2)15-4/h5-7,9,15H,1-4H3. The van der Waals surface area contributed by atoms with Gasteiger partial charge in [-0.2, -0.15) is 0 Å². The van der Waals surface area contributed by atoms with E-state index in [1.807, 2.05) is 33.9 Å². The van der Waals surface area contributed by atoms with E-state index < -0.39 is 0 Å². The van der Waals surface area contributed by atoms with Crippen molar-refractivity contribution in [2.45, 2.75) is 26.8 Å². The number of rotatable bonds is 3. The Morgan fingerprint density at radius 3 is 2.61 bits per heavy atom. The topological polar surface area (TPSA) is 42.7 Å². The van der Waals surface area contributed by atoms with Crippen molar-refractivity contribution in [3.05, 3.63) is 41.0 Å². The number of aryl methyl sites for hydroxylation is 1. The molecule has 2 rings (SSSR count). The molecule has 0 amide bonds. The van der Waals surface area contributed by atoms with Gasteiger partial charge in [-0.05, 0) is 51.6 Å². The fourth-order valence-electron chi connectivity index (χ4n) is 1.96. The average Bonchev–Trinajstić information content (AvgIpc) is 2.69. The molecule has 0 spiro atoms. The fourth-order valence-corrected chi connectivity index (χ4v) is 1.96. The van der Waals surface area contributed by atoms with E-state index in [4.69, 9.17) is 0 Å². The number of aromatic nitrogens is 3. The van der Waals surface area contributed by atoms with Gasteiger partial charge < -0.3 is 5.32 Å². The van der Waals surface area contributed by atoms with Crippen molar-refractivity contribution in [3.63, 3.8) is 0 Å². The molecule has 1 heterocycles. The van der Waals surface area contributed by atoms with Crippen LogP contribution in [0.2, 0.25) is 0 Å². The minimum Gasteiger partial charge on any atom is -0.312 e. The highest BCUT2D eigenvalue weighted by Gasteiger charge is 2.15. The first-order valence-corrected chi connectivity index (χ1v) is 5.90. The van der Waals surface area contributed by atoms with Gasteiger partial charge in [0.1, 0.15) is 11.5 Å². The molecule has 1 aromatic carbocycles. The molecule has 0 saturated carbocycles. The molecule has 1 unspecified atom stereocenters. The summed E-state index contributed by atoms with van der Waals surface area (Å²) in [6.45, 7) is 5.80. The molecule has 1 N–H and O–H groups in total. The van der Waals surface area contributed by atoms with E-state index in [-0.39, 0.29) is 11.9 Å². The van der Waals surface area contributed by atoms with Gasteiger partial charge in [-0.1, -0.05) is 5.21 Å². The first kappa shape index (κ1) is 12.7. The van der Waals surface area contributed by atoms with Crippen LogP contribution in [-0.2, 0) is 0 Å². The van der Waals surface area contributed by atoms with Gasteiger partial charge in [0.25, 0.3) is 0 Å². The molecule has 0 bridgehead atoms. The molecule has 0 fully saturated rings. The second-order valence-electron chi connectivity index (χ2n) is 4.47. The SMILES string of the molecule is CNC(C)c1nnn(-c2cc(C)cc(F)c2)c1C. The third-order valence-electron chi connectivity index (χ3n) is 3.04. The highest BCUT2D eigenvalue weighted by Crippen LogP contribution is 2.19. The predicted molar refractivity (Wildman–Crippen MR) is 68.3 cm³/mol. The monoisotopic (exact) mass is 248 g/mol. The highest BCUT2D eigenvalue weighted by molar-refractivity contribution is 5.37. The minimum atomic E-state index is -0.261. The highest BCUT2D eigenvalue weighted by atomic mass is 19.1. The first-order valence-electron chi connectivity index (χ1n) is 5.90. The molecule has 0 aliphatic rings. The predicted octanol–water partition coefficient (Wildman–Crippen LogP) is 2.30. The summed E-state index contributed by atoms with van der Waals surface area (Å²) in [5.41, 5.74) is 3.36. The summed E-state index contributed by atoms with van der Waals surface area (Å²) >= 11 is 0. The van der Waals surface area contributed by atoms with Crippen LogP contribution in [-0.4, -0.2) is 22.0 Å². The van der Waals surface area contributed by atoms with Gasteiger partial charge in [0.05, 0.1) is 17.4 Å². The number of nitrogens with one attached hydrogen (secondary N) is 1. The van der Waals surface area contributed by atoms with E-state index in [2.05, 4.69) is 15.6 Å². The summed E-state index contributed by atoms with van der Waals surface area (Å²) in [5.74, 6) is -0.261. The van der Waals surface area contributed by atoms with Gasteiger partial charge in [0.15, 0.2) is 0 Å². The number of benzene rings is 1. The Labute approximate surface area is 106 Å². The molecule has 5 heteroatoms. The van der Waals surface area contributed by atoms with E-state index in [0.29, 0.717) is 5.69 Å². The van der Waals surface area contributed by atoms with Crippen LogP contribution < -0.4 is 5.32 Å². The smallest absolute Gasteiger partial charge is 0.125 e. The molecular formula is C13H17FN4. The Balaban J connectivity index is 2.48. The molecular weight excluding hydrogens is 231 g/mol. The van der Waals surface area contributed by atoms with Crippen LogP contribution in [0.3, 0.4) is 0 Å². The summed E-state index contributed by atoms with van der Waals surface area (Å²) in [6.07, 6.45) is 0. The largest absolute Gasteiger partial charge is 0.312 e. The zero-order valence-electron chi connectivity index (χ0n) is 11.0. The van der Waals surface area contributed by atoms with Crippen LogP contribution >= 0.6 is 0 Å². The van der Waals surface area contributed by atoms with Crippen molar-refractivity contribution >= 4 is 0 Å². The normalized spacial score (nSPS) is 12.7. The van der Waals surface area contributed by atoms with Gasteiger partial charge in [0, 0.05) is 0 Å². The van der Waals surface area contributed by atoms with Gasteiger partial charge in [0.2, 0.25) is 0 Å². The Kier molecular flexibility index (Phi) is 3.43. The number of hydrogen-bond acceptors (Lipinski definition) is 3. The van der Waals surface area contributed by atoms with Crippen LogP contribution in [0.25, 0.3) is 5.69 Å². The van der Waals surface area contributed by atoms with Crippen LogP contribution in [0.1, 0.15) is 29.9 Å². The lowest BCUT2D eigenvalue weighted by Crippen LogP contribution is -2.14. The second-order valence-corrected chi connectivity index (χ2v) is 4.47. The lowest BCUT2D eigenvalue weighted by molar-refractivity contribution is 0.623. The molecule has 96 valence electrons. The zero-order valence-corrected chi connectivity index (χ0v) is 11.0. The second kappa shape index (κ2) is 4.86. The Hall–Kier alpha value is -1.75. The van der Waals surface area contributed by atoms with Crippen LogP contribution in [0.15, 0.2) is 18.2 Å². The van der Waals surface area contributed by atoms with Crippen LogP contribution in [0, 0.1) is 19.7 Å². The van der Waals surface area contributed by atoms with Crippen LogP contribution in [0.5, 0.6) is 0 Å². The number of nitrogens with zero attached hydrogens (tertiary/aromatic N) is 3. The van der Waals surface area contributed by atoms with Gasteiger partial charge in [-0.25, -0.2) is 9.07 Å². The summed E-state index contributed by atoms with van der Waals surface area (Å²) in [7, 11) is 1.87. The maximum Gasteiger partial charge on any atom is 0.125 e. The lowest BCUT2D eigenvalue weighted by atomic mass is 10.2. The van der Waals surface area contributed by atoms with E-state index in [1.165, 1.54) is 12.1 Å². The van der Waals surface area contributed by atoms with Gasteiger partial charge in [-0.15, -0.1) is 5.10 Å². The fraction of sp³-hybridized carbons (Fsp3) is 0.385. The Morgan fingerprint density at radius 1 is 1.28 bits per heavy atom. The Bertz CT molecular complexity index is 542. The molecule has 2 aromatic rings. The maximum atomic E-state index is 13.4. The van der Waals surface area contributed by atoms with Crippen molar-refractivity contribution < 1.29 is 4.39 Å². The van der Waals surface area contributed by atoms with E-state index in [9.17, 15) is 4.39 Å². The third kappa shape index (κ3) is 2.26. The quantitative estimate of drug-likeness (QED) is 0.906. The molecule has 0 aliphatic heterocycles. The summed E-state index contributed by atoms with van der Waals surface area (Å²) in [6, 6.07) is 4.96. The van der Waals surface area contributed by atoms with E-state index in [0.717, 1.165) is 17.0 Å². The molecule has 18 heavy (non-hydrogen) atoms. The third-order valence-corrected chi connectivity index (χ3v) is 3.04. The summed E-state index contributed by atoms with van der Waals surface area (Å²) in [4.78, 5) is 0. The number of halogens is 1. The lowest BCUT2D eigenvalue weighted by Gasteiger charge is -2.09. The molecule has 4 nitrogen and oxygen atoms in total. The minimum absolute atomic E-state index is 0.119. The van der Waals surface area contributed by atoms with Gasteiger partial charge in [-0.3, -0.25) is 0 Å². The molecule has 0 radical (unpaired) electrons. The first-order chi connectivity index (χ1) is 8.52. The van der Waals surface area contributed by atoms with Crippen molar-refractivity contribution in [2.24, 2.45) is 0 Å². The molecule has 1 atom stereocenters. The van der Waals surface area contributed by atoms with Crippen molar-refractivity contribution in [3.8, 4) is 5.69 Å². The number of hydrogen-bond donors (Lipinski definition) is 1. The zero-order chi connectivity index (χ0) is 13.3. The van der Waals surface area contributed by atoms with E-state index in [1.54, 1.807) is 4.68 Å².